The number of carboxylic acid groups (broad SMARTS) is 1. The smallest absolute Gasteiger partial charge is 0.329 e. The minimum Gasteiger partial charge on any atom is -0.480 e. The first-order chi connectivity index (χ1) is 7.53. The molecule has 0 aromatic carbocycles. The van der Waals surface area contributed by atoms with Gasteiger partial charge >= 0.3 is 12.0 Å². The van der Waals surface area contributed by atoms with Crippen molar-refractivity contribution in [1.82, 2.24) is 10.6 Å². The molecule has 0 spiro atoms. The maximum absolute atomic E-state index is 11.7. The third-order valence-electron chi connectivity index (χ3n) is 3.22. The zero-order valence-corrected chi connectivity index (χ0v) is 11.5. The molecule has 0 rings (SSSR count). The van der Waals surface area contributed by atoms with Gasteiger partial charge in [0, 0.05) is 6.04 Å². The summed E-state index contributed by atoms with van der Waals surface area (Å²) < 4.78 is 0. The third kappa shape index (κ3) is 4.63. The van der Waals surface area contributed by atoms with Gasteiger partial charge in [0.25, 0.3) is 0 Å². The number of carbonyl (C=O) groups excluding carboxylic acids is 1. The van der Waals surface area contributed by atoms with Crippen LogP contribution in [0.2, 0.25) is 0 Å². The van der Waals surface area contributed by atoms with E-state index in [4.69, 9.17) is 5.11 Å². The summed E-state index contributed by atoms with van der Waals surface area (Å²) in [6.07, 6.45) is 0.333. The zero-order chi connectivity index (χ0) is 13.9. The molecular weight excluding hydrogens is 220 g/mol. The van der Waals surface area contributed by atoms with Crippen LogP contribution < -0.4 is 10.6 Å². The molecule has 0 aromatic rings. The number of rotatable bonds is 4. The van der Waals surface area contributed by atoms with E-state index in [0.29, 0.717) is 6.42 Å². The number of hydrogen-bond donors (Lipinski definition) is 3. The van der Waals surface area contributed by atoms with E-state index in [-0.39, 0.29) is 11.5 Å². The Morgan fingerprint density at radius 1 is 1.24 bits per heavy atom. The largest absolute Gasteiger partial charge is 0.480 e. The van der Waals surface area contributed by atoms with Crippen molar-refractivity contribution in [3.8, 4) is 0 Å². The van der Waals surface area contributed by atoms with Crippen LogP contribution in [0.25, 0.3) is 0 Å². The van der Waals surface area contributed by atoms with E-state index in [2.05, 4.69) is 10.6 Å². The lowest BCUT2D eigenvalue weighted by Crippen LogP contribution is -2.57. The van der Waals surface area contributed by atoms with Crippen molar-refractivity contribution in [2.75, 3.05) is 0 Å². The molecule has 0 aliphatic rings. The Morgan fingerprint density at radius 3 is 2.00 bits per heavy atom. The van der Waals surface area contributed by atoms with Crippen molar-refractivity contribution < 1.29 is 14.7 Å². The number of hydrogen-bond acceptors (Lipinski definition) is 2. The van der Waals surface area contributed by atoms with E-state index in [1.54, 1.807) is 6.92 Å². The van der Waals surface area contributed by atoms with Crippen molar-refractivity contribution in [1.29, 1.82) is 0 Å². The molecule has 0 aliphatic carbocycles. The monoisotopic (exact) mass is 244 g/mol. The van der Waals surface area contributed by atoms with Gasteiger partial charge in [0.2, 0.25) is 0 Å². The van der Waals surface area contributed by atoms with Gasteiger partial charge in [-0.05, 0) is 25.7 Å². The first kappa shape index (κ1) is 15.7. The van der Waals surface area contributed by atoms with Crippen molar-refractivity contribution >= 4 is 12.0 Å². The van der Waals surface area contributed by atoms with Crippen LogP contribution in [-0.4, -0.2) is 28.7 Å². The highest BCUT2D eigenvalue weighted by Gasteiger charge is 2.33. The minimum atomic E-state index is -1.22. The fourth-order valence-electron chi connectivity index (χ4n) is 0.993. The van der Waals surface area contributed by atoms with Crippen LogP contribution >= 0.6 is 0 Å². The summed E-state index contributed by atoms with van der Waals surface area (Å²) in [6.45, 7) is 11.1. The molecule has 0 heterocycles. The fraction of sp³-hybridized carbons (Fsp3) is 0.833. The molecule has 0 radical (unpaired) electrons. The standard InChI is InChI=1S/C12H24N2O3/c1-7-12(6,9(15)16)14-10(17)13-8(2)11(3,4)5/h8H,7H2,1-6H3,(H,15,16)(H2,13,14,17). The fourth-order valence-corrected chi connectivity index (χ4v) is 0.993. The van der Waals surface area contributed by atoms with E-state index in [1.165, 1.54) is 6.92 Å². The van der Waals surface area contributed by atoms with E-state index in [9.17, 15) is 9.59 Å². The summed E-state index contributed by atoms with van der Waals surface area (Å²) >= 11 is 0. The Hall–Kier alpha value is -1.26. The highest BCUT2D eigenvalue weighted by Crippen LogP contribution is 2.18. The molecule has 0 bridgehead atoms. The summed E-state index contributed by atoms with van der Waals surface area (Å²) in [5, 5.41) is 14.3. The zero-order valence-electron chi connectivity index (χ0n) is 11.5. The van der Waals surface area contributed by atoms with E-state index >= 15 is 0 Å². The Labute approximate surface area is 103 Å². The van der Waals surface area contributed by atoms with Gasteiger partial charge in [-0.3, -0.25) is 0 Å². The van der Waals surface area contributed by atoms with Crippen molar-refractivity contribution in [3.63, 3.8) is 0 Å². The highest BCUT2D eigenvalue weighted by atomic mass is 16.4. The van der Waals surface area contributed by atoms with Crippen LogP contribution in [0.15, 0.2) is 0 Å². The van der Waals surface area contributed by atoms with E-state index in [1.807, 2.05) is 27.7 Å². The quantitative estimate of drug-likeness (QED) is 0.707. The highest BCUT2D eigenvalue weighted by molar-refractivity contribution is 5.85. The number of carboxylic acids is 1. The van der Waals surface area contributed by atoms with Crippen LogP contribution in [0.1, 0.15) is 48.0 Å². The summed E-state index contributed by atoms with van der Waals surface area (Å²) in [5.41, 5.74) is -1.29. The molecular formula is C12H24N2O3. The molecule has 5 heteroatoms. The van der Waals surface area contributed by atoms with Crippen LogP contribution in [0.3, 0.4) is 0 Å². The summed E-state index contributed by atoms with van der Waals surface area (Å²) in [4.78, 5) is 22.7. The van der Waals surface area contributed by atoms with E-state index < -0.39 is 17.5 Å². The van der Waals surface area contributed by atoms with Crippen LogP contribution in [-0.2, 0) is 4.79 Å². The van der Waals surface area contributed by atoms with Gasteiger partial charge in [0.1, 0.15) is 5.54 Å². The Balaban J connectivity index is 4.51. The van der Waals surface area contributed by atoms with Gasteiger partial charge < -0.3 is 15.7 Å². The number of urea groups is 1. The van der Waals surface area contributed by atoms with Gasteiger partial charge in [0.05, 0.1) is 0 Å². The molecule has 0 aliphatic heterocycles. The number of nitrogens with one attached hydrogen (secondary N) is 2. The molecule has 2 amide bonds. The Kier molecular flexibility index (Phi) is 4.98. The normalized spacial score (nSPS) is 16.8. The molecule has 17 heavy (non-hydrogen) atoms. The Bertz CT molecular complexity index is 297. The molecule has 2 atom stereocenters. The molecule has 0 aromatic heterocycles. The molecule has 3 N–H and O–H groups in total. The SMILES string of the molecule is CCC(C)(NC(=O)NC(C)C(C)(C)C)C(=O)O. The molecule has 2 unspecified atom stereocenters. The number of amides is 2. The average Bonchev–Trinajstić information content (AvgIpc) is 2.15. The second kappa shape index (κ2) is 5.38. The number of aliphatic carboxylic acids is 1. The van der Waals surface area contributed by atoms with Crippen molar-refractivity contribution in [2.45, 2.75) is 59.5 Å². The lowest BCUT2D eigenvalue weighted by atomic mass is 9.88. The second-order valence-electron chi connectivity index (χ2n) is 5.68. The summed E-state index contributed by atoms with van der Waals surface area (Å²) in [5.74, 6) is -1.03. The van der Waals surface area contributed by atoms with E-state index in [0.717, 1.165) is 0 Å². The molecule has 0 saturated carbocycles. The average molecular weight is 244 g/mol. The first-order valence-corrected chi connectivity index (χ1v) is 5.85. The van der Waals surface area contributed by atoms with Gasteiger partial charge in [0.15, 0.2) is 0 Å². The summed E-state index contributed by atoms with van der Waals surface area (Å²) in [7, 11) is 0. The van der Waals surface area contributed by atoms with Gasteiger partial charge in [-0.1, -0.05) is 27.7 Å². The topological polar surface area (TPSA) is 78.4 Å². The summed E-state index contributed by atoms with van der Waals surface area (Å²) in [6, 6.07) is -0.489. The maximum Gasteiger partial charge on any atom is 0.329 e. The third-order valence-corrected chi connectivity index (χ3v) is 3.22. The predicted molar refractivity (Wildman–Crippen MR) is 66.9 cm³/mol. The van der Waals surface area contributed by atoms with Gasteiger partial charge in [-0.25, -0.2) is 9.59 Å². The first-order valence-electron chi connectivity index (χ1n) is 5.85. The Morgan fingerprint density at radius 2 is 1.71 bits per heavy atom. The number of carbonyl (C=O) groups is 2. The molecule has 0 fully saturated rings. The molecule has 100 valence electrons. The second-order valence-corrected chi connectivity index (χ2v) is 5.68. The van der Waals surface area contributed by atoms with Crippen molar-refractivity contribution in [2.24, 2.45) is 5.41 Å². The minimum absolute atomic E-state index is 0.0441. The van der Waals surface area contributed by atoms with Crippen LogP contribution in [0.5, 0.6) is 0 Å². The molecule has 0 saturated heterocycles. The molecule has 5 nitrogen and oxygen atoms in total. The predicted octanol–water partition coefficient (Wildman–Crippen LogP) is 1.97. The maximum atomic E-state index is 11.7. The van der Waals surface area contributed by atoms with Crippen LogP contribution in [0.4, 0.5) is 4.79 Å². The lowest BCUT2D eigenvalue weighted by molar-refractivity contribution is -0.143. The lowest BCUT2D eigenvalue weighted by Gasteiger charge is -2.31. The van der Waals surface area contributed by atoms with Gasteiger partial charge in [-0.2, -0.15) is 0 Å². The van der Waals surface area contributed by atoms with Crippen molar-refractivity contribution in [3.05, 3.63) is 0 Å². The van der Waals surface area contributed by atoms with Crippen LogP contribution in [0, 0.1) is 5.41 Å². The van der Waals surface area contributed by atoms with Gasteiger partial charge in [-0.15, -0.1) is 0 Å².